The highest BCUT2D eigenvalue weighted by Crippen LogP contribution is 2.35. The lowest BCUT2D eigenvalue weighted by molar-refractivity contribution is -0.128. The number of ether oxygens (including phenoxy) is 1. The molecule has 1 aromatic carbocycles. The molecule has 0 unspecified atom stereocenters. The van der Waals surface area contributed by atoms with Crippen molar-refractivity contribution in [1.82, 2.24) is 10.6 Å². The smallest absolute Gasteiger partial charge is 0.408 e. The highest BCUT2D eigenvalue weighted by molar-refractivity contribution is 6.87. The molecule has 0 heterocycles. The number of amides is 3. The first-order chi connectivity index (χ1) is 15.2. The molecule has 0 bridgehead atoms. The second-order valence-electron chi connectivity index (χ2n) is 10.2. The maximum atomic E-state index is 12.9. The van der Waals surface area contributed by atoms with Crippen LogP contribution in [0.1, 0.15) is 53.0 Å². The van der Waals surface area contributed by atoms with Crippen molar-refractivity contribution in [3.05, 3.63) is 35.9 Å². The summed E-state index contributed by atoms with van der Waals surface area (Å²) in [5, 5.41) is 5.34. The van der Waals surface area contributed by atoms with E-state index in [1.54, 1.807) is 0 Å². The number of nitrogens with one attached hydrogen (secondary N) is 2. The Morgan fingerprint density at radius 3 is 2.18 bits per heavy atom. The van der Waals surface area contributed by atoms with Crippen LogP contribution >= 0.6 is 0 Å². The number of hydrogen-bond donors (Lipinski definition) is 3. The summed E-state index contributed by atoms with van der Waals surface area (Å²) in [5.41, 5.74) is 9.68. The normalized spacial score (nSPS) is 13.3. The second-order valence-corrected chi connectivity index (χ2v) is 15.2. The summed E-state index contributed by atoms with van der Waals surface area (Å²) >= 11 is 0. The van der Waals surface area contributed by atoms with E-state index < -0.39 is 38.1 Å². The lowest BCUT2D eigenvalue weighted by Crippen LogP contribution is -2.53. The van der Waals surface area contributed by atoms with Crippen LogP contribution < -0.4 is 16.4 Å². The van der Waals surface area contributed by atoms with Crippen LogP contribution in [0.15, 0.2) is 30.3 Å². The molecule has 0 radical (unpaired) electrons. The molecular weight excluding hydrogens is 434 g/mol. The van der Waals surface area contributed by atoms with Gasteiger partial charge in [-0.15, -0.1) is 11.5 Å². The Bertz CT molecular complexity index is 867. The molecule has 7 nitrogen and oxygen atoms in total. The zero-order valence-electron chi connectivity index (χ0n) is 21.0. The van der Waals surface area contributed by atoms with E-state index in [1.807, 2.05) is 44.2 Å². The summed E-state index contributed by atoms with van der Waals surface area (Å²) in [4.78, 5) is 37.1. The largest absolute Gasteiger partial charge is 0.445 e. The van der Waals surface area contributed by atoms with Gasteiger partial charge in [-0.1, -0.05) is 78.0 Å². The van der Waals surface area contributed by atoms with Gasteiger partial charge in [0.05, 0.1) is 0 Å². The Kier molecular flexibility index (Phi) is 10.7. The van der Waals surface area contributed by atoms with E-state index in [2.05, 4.69) is 56.0 Å². The first kappa shape index (κ1) is 28.2. The molecule has 0 fully saturated rings. The van der Waals surface area contributed by atoms with E-state index in [1.165, 1.54) is 0 Å². The van der Waals surface area contributed by atoms with Crippen molar-refractivity contribution in [1.29, 1.82) is 0 Å². The molecule has 1 aromatic rings. The number of carbonyl (C=O) groups excluding carboxylic acids is 3. The van der Waals surface area contributed by atoms with Crippen molar-refractivity contribution >= 4 is 26.0 Å². The molecule has 0 aromatic heterocycles. The van der Waals surface area contributed by atoms with E-state index in [9.17, 15) is 14.4 Å². The number of carbonyl (C=O) groups is 3. The fourth-order valence-electron chi connectivity index (χ4n) is 2.67. The third-order valence-electron chi connectivity index (χ3n) is 5.77. The van der Waals surface area contributed by atoms with Crippen molar-refractivity contribution in [2.75, 3.05) is 0 Å². The van der Waals surface area contributed by atoms with Crippen molar-refractivity contribution in [2.24, 2.45) is 11.7 Å². The standard InChI is InChI=1S/C25H39N3O4Si/c1-18(2)16-21(28-24(31)32-17-19-12-9-8-10-13-19)23(30)27-20(22(26)29)14-11-15-33(6,7)25(3,4)5/h8-10,12-13,18,20-21H,14,16-17H2,1-7H3,(H2,26,29)(H,27,30)(H,28,31)/t20-,21+/m1/s1. The fourth-order valence-corrected chi connectivity index (χ4v) is 3.59. The second kappa shape index (κ2) is 12.4. The summed E-state index contributed by atoms with van der Waals surface area (Å²) in [6, 6.07) is 7.46. The van der Waals surface area contributed by atoms with E-state index in [0.717, 1.165) is 5.56 Å². The van der Waals surface area contributed by atoms with Crippen LogP contribution in [0, 0.1) is 17.4 Å². The summed E-state index contributed by atoms with van der Waals surface area (Å²) in [7, 11) is -1.85. The molecule has 0 spiro atoms. The average molecular weight is 474 g/mol. The maximum Gasteiger partial charge on any atom is 0.408 e. The molecule has 0 aliphatic rings. The lowest BCUT2D eigenvalue weighted by Gasteiger charge is -2.31. The van der Waals surface area contributed by atoms with E-state index >= 15 is 0 Å². The summed E-state index contributed by atoms with van der Waals surface area (Å²) in [5.74, 6) is 2.04. The van der Waals surface area contributed by atoms with Gasteiger partial charge in [-0.3, -0.25) is 9.59 Å². The van der Waals surface area contributed by atoms with Gasteiger partial charge in [0.25, 0.3) is 0 Å². The number of nitrogens with two attached hydrogens (primary N) is 1. The van der Waals surface area contributed by atoms with Crippen LogP contribution in [-0.2, 0) is 20.9 Å². The molecule has 1 rings (SSSR count). The third kappa shape index (κ3) is 10.1. The minimum atomic E-state index is -1.85. The fraction of sp³-hybridized carbons (Fsp3) is 0.560. The van der Waals surface area contributed by atoms with Gasteiger partial charge in [-0.25, -0.2) is 4.79 Å². The van der Waals surface area contributed by atoms with Gasteiger partial charge in [0.15, 0.2) is 0 Å². The van der Waals surface area contributed by atoms with Crippen LogP contribution in [-0.4, -0.2) is 38.1 Å². The van der Waals surface area contributed by atoms with Gasteiger partial charge < -0.3 is 21.1 Å². The number of rotatable bonds is 9. The minimum Gasteiger partial charge on any atom is -0.445 e. The molecule has 33 heavy (non-hydrogen) atoms. The van der Waals surface area contributed by atoms with Crippen LogP contribution in [0.2, 0.25) is 18.1 Å². The molecule has 8 heteroatoms. The Morgan fingerprint density at radius 2 is 1.67 bits per heavy atom. The van der Waals surface area contributed by atoms with Crippen LogP contribution in [0.5, 0.6) is 0 Å². The Hall–Kier alpha value is -2.79. The number of hydrogen-bond acceptors (Lipinski definition) is 4. The van der Waals surface area contributed by atoms with Gasteiger partial charge >= 0.3 is 6.09 Å². The minimum absolute atomic E-state index is 0.0812. The van der Waals surface area contributed by atoms with Gasteiger partial charge in [0.1, 0.15) is 26.8 Å². The summed E-state index contributed by atoms with van der Waals surface area (Å²) in [6.45, 7) is 14.8. The van der Waals surface area contributed by atoms with Gasteiger partial charge in [-0.2, -0.15) is 0 Å². The van der Waals surface area contributed by atoms with Crippen LogP contribution in [0.25, 0.3) is 0 Å². The first-order valence-corrected chi connectivity index (χ1v) is 14.3. The molecule has 3 amide bonds. The summed E-state index contributed by atoms with van der Waals surface area (Å²) < 4.78 is 5.24. The average Bonchev–Trinajstić information content (AvgIpc) is 2.70. The van der Waals surface area contributed by atoms with E-state index in [0.29, 0.717) is 6.42 Å². The predicted octanol–water partition coefficient (Wildman–Crippen LogP) is 3.74. The van der Waals surface area contributed by atoms with Crippen LogP contribution in [0.4, 0.5) is 4.79 Å². The molecular formula is C25H39N3O4Si. The molecule has 0 saturated heterocycles. The van der Waals surface area contributed by atoms with Crippen molar-refractivity contribution in [2.45, 2.75) is 84.3 Å². The van der Waals surface area contributed by atoms with Gasteiger partial charge in [-0.05, 0) is 22.9 Å². The Balaban J connectivity index is 2.81. The zero-order chi connectivity index (χ0) is 25.2. The van der Waals surface area contributed by atoms with Gasteiger partial charge in [0.2, 0.25) is 11.8 Å². The maximum absolute atomic E-state index is 12.9. The third-order valence-corrected chi connectivity index (χ3v) is 10.3. The Morgan fingerprint density at radius 1 is 1.06 bits per heavy atom. The number of benzene rings is 1. The number of alkyl carbamates (subject to hydrolysis) is 1. The highest BCUT2D eigenvalue weighted by atomic mass is 28.3. The lowest BCUT2D eigenvalue weighted by atomic mass is 10.0. The molecule has 0 aliphatic heterocycles. The topological polar surface area (TPSA) is 111 Å². The van der Waals surface area contributed by atoms with E-state index in [-0.39, 0.29) is 24.0 Å². The SMILES string of the molecule is CC(C)C[C@H](NC(=O)OCc1ccccc1)C(=O)N[C@H](CC#C[Si](C)(C)C(C)(C)C)C(N)=O. The molecule has 0 saturated carbocycles. The summed E-state index contributed by atoms with van der Waals surface area (Å²) in [6.07, 6.45) is -0.193. The van der Waals surface area contributed by atoms with Gasteiger partial charge in [0, 0.05) is 6.42 Å². The Labute approximate surface area is 199 Å². The van der Waals surface area contributed by atoms with Crippen molar-refractivity contribution < 1.29 is 19.1 Å². The zero-order valence-corrected chi connectivity index (χ0v) is 22.0. The quantitative estimate of drug-likeness (QED) is 0.375. The van der Waals surface area contributed by atoms with Crippen LogP contribution in [0.3, 0.4) is 0 Å². The molecule has 182 valence electrons. The first-order valence-electron chi connectivity index (χ1n) is 11.3. The van der Waals surface area contributed by atoms with Crippen molar-refractivity contribution in [3.8, 4) is 11.5 Å². The monoisotopic (exact) mass is 473 g/mol. The molecule has 4 N–H and O–H groups in total. The van der Waals surface area contributed by atoms with E-state index in [4.69, 9.17) is 10.5 Å². The predicted molar refractivity (Wildman–Crippen MR) is 134 cm³/mol. The molecule has 2 atom stereocenters. The molecule has 0 aliphatic carbocycles. The van der Waals surface area contributed by atoms with Crippen molar-refractivity contribution in [3.63, 3.8) is 0 Å². The highest BCUT2D eigenvalue weighted by Gasteiger charge is 2.34. The number of primary amides is 1.